The highest BCUT2D eigenvalue weighted by Gasteiger charge is 2.29. The highest BCUT2D eigenvalue weighted by atomic mass is 35.5. The lowest BCUT2D eigenvalue weighted by Crippen LogP contribution is -2.12. The molecule has 0 unspecified atom stereocenters. The topological polar surface area (TPSA) is 74.2 Å². The van der Waals surface area contributed by atoms with Gasteiger partial charge in [0.05, 0.1) is 10.6 Å². The third kappa shape index (κ3) is 2.54. The molecule has 1 aliphatic rings. The Morgan fingerprint density at radius 2 is 2.15 bits per heavy atom. The molecule has 0 saturated carbocycles. The second kappa shape index (κ2) is 6.14. The Labute approximate surface area is 153 Å². The summed E-state index contributed by atoms with van der Waals surface area (Å²) in [5.41, 5.74) is 3.86. The summed E-state index contributed by atoms with van der Waals surface area (Å²) in [5.74, 6) is -0.870. The molecule has 2 heterocycles. The van der Waals surface area contributed by atoms with Crippen molar-refractivity contribution in [3.8, 4) is 5.75 Å². The van der Waals surface area contributed by atoms with Gasteiger partial charge < -0.3 is 15.7 Å². The molecule has 0 saturated heterocycles. The number of hydrogen-bond donors (Lipinski definition) is 3. The third-order valence-electron chi connectivity index (χ3n) is 4.57. The van der Waals surface area contributed by atoms with Crippen LogP contribution >= 0.6 is 11.6 Å². The molecule has 0 aliphatic carbocycles. The molecule has 0 spiro atoms. The van der Waals surface area contributed by atoms with Gasteiger partial charge in [-0.1, -0.05) is 17.7 Å². The SMILES string of the molecule is CNc1c2c(c(O)c3ncc(Cc4ccc(F)c(Cl)c4)cc13)C(=O)NC2. The van der Waals surface area contributed by atoms with E-state index >= 15 is 0 Å². The molecule has 0 fully saturated rings. The minimum atomic E-state index is -0.456. The van der Waals surface area contributed by atoms with Gasteiger partial charge >= 0.3 is 0 Å². The van der Waals surface area contributed by atoms with Gasteiger partial charge in [-0.15, -0.1) is 0 Å². The van der Waals surface area contributed by atoms with Crippen molar-refractivity contribution in [1.29, 1.82) is 0 Å². The van der Waals surface area contributed by atoms with Gasteiger partial charge in [-0.3, -0.25) is 9.78 Å². The van der Waals surface area contributed by atoms with Crippen LogP contribution in [-0.2, 0) is 13.0 Å². The number of fused-ring (bicyclic) bond motifs is 2. The minimum Gasteiger partial charge on any atom is -0.505 e. The normalized spacial score (nSPS) is 13.0. The zero-order chi connectivity index (χ0) is 18.4. The van der Waals surface area contributed by atoms with E-state index in [2.05, 4.69) is 15.6 Å². The number of aromatic nitrogens is 1. The number of benzene rings is 2. The van der Waals surface area contributed by atoms with Gasteiger partial charge in [-0.2, -0.15) is 0 Å². The smallest absolute Gasteiger partial charge is 0.255 e. The van der Waals surface area contributed by atoms with E-state index in [1.165, 1.54) is 6.07 Å². The zero-order valence-electron chi connectivity index (χ0n) is 13.9. The number of phenolic OH excluding ortho intramolecular Hbond substituents is 1. The second-order valence-corrected chi connectivity index (χ2v) is 6.58. The quantitative estimate of drug-likeness (QED) is 0.615. The number of pyridine rings is 1. The van der Waals surface area contributed by atoms with Crippen molar-refractivity contribution in [1.82, 2.24) is 10.3 Å². The maximum Gasteiger partial charge on any atom is 0.255 e. The van der Waals surface area contributed by atoms with Crippen molar-refractivity contribution in [2.45, 2.75) is 13.0 Å². The number of aromatic hydroxyl groups is 1. The Balaban J connectivity index is 1.84. The molecule has 5 nitrogen and oxygen atoms in total. The number of phenols is 1. The lowest BCUT2D eigenvalue weighted by molar-refractivity contribution is 0.0963. The highest BCUT2D eigenvalue weighted by Crippen LogP contribution is 2.40. The molecule has 1 aliphatic heterocycles. The van der Waals surface area contributed by atoms with Gasteiger partial charge in [0.1, 0.15) is 11.3 Å². The van der Waals surface area contributed by atoms with Crippen LogP contribution in [0.25, 0.3) is 10.9 Å². The minimum absolute atomic E-state index is 0.0761. The predicted molar refractivity (Wildman–Crippen MR) is 98.3 cm³/mol. The molecular formula is C19H15ClFN3O2. The first kappa shape index (κ1) is 16.6. The number of carbonyl (C=O) groups is 1. The molecule has 1 amide bonds. The Hall–Kier alpha value is -2.86. The van der Waals surface area contributed by atoms with Crippen LogP contribution < -0.4 is 10.6 Å². The Kier molecular flexibility index (Phi) is 3.92. The lowest BCUT2D eigenvalue weighted by atomic mass is 9.98. The fourth-order valence-corrected chi connectivity index (χ4v) is 3.59. The molecular weight excluding hydrogens is 357 g/mol. The third-order valence-corrected chi connectivity index (χ3v) is 4.86. The molecule has 132 valence electrons. The van der Waals surface area contributed by atoms with Crippen LogP contribution in [0.4, 0.5) is 10.1 Å². The first-order chi connectivity index (χ1) is 12.5. The molecule has 0 radical (unpaired) electrons. The summed E-state index contributed by atoms with van der Waals surface area (Å²) < 4.78 is 13.3. The summed E-state index contributed by atoms with van der Waals surface area (Å²) in [6.45, 7) is 0.353. The summed E-state index contributed by atoms with van der Waals surface area (Å²) in [4.78, 5) is 16.4. The number of halogens is 2. The average molecular weight is 372 g/mol. The van der Waals surface area contributed by atoms with Crippen LogP contribution in [0.3, 0.4) is 0 Å². The van der Waals surface area contributed by atoms with E-state index in [0.717, 1.165) is 27.8 Å². The highest BCUT2D eigenvalue weighted by molar-refractivity contribution is 6.30. The summed E-state index contributed by atoms with van der Waals surface area (Å²) in [7, 11) is 1.77. The van der Waals surface area contributed by atoms with Gasteiger partial charge in [0.2, 0.25) is 0 Å². The first-order valence-electron chi connectivity index (χ1n) is 8.06. The summed E-state index contributed by atoms with van der Waals surface area (Å²) in [6.07, 6.45) is 2.15. The summed E-state index contributed by atoms with van der Waals surface area (Å²) in [5, 5.41) is 17.1. The van der Waals surface area contributed by atoms with Crippen molar-refractivity contribution in [2.75, 3.05) is 12.4 Å². The molecule has 0 bridgehead atoms. The van der Waals surface area contributed by atoms with Crippen molar-refractivity contribution in [2.24, 2.45) is 0 Å². The standard InChI is InChI=1S/C19H15ClFN3O2/c1-22-16-11-5-10(4-9-2-3-14(21)13(20)6-9)7-23-17(11)18(25)15-12(16)8-24-19(15)26/h2-3,5-7,22,25H,4,8H2,1H3,(H,24,26). The molecule has 4 rings (SSSR count). The molecule has 0 atom stereocenters. The van der Waals surface area contributed by atoms with E-state index in [4.69, 9.17) is 11.6 Å². The van der Waals surface area contributed by atoms with Crippen LogP contribution in [0.15, 0.2) is 30.5 Å². The van der Waals surface area contributed by atoms with E-state index in [0.29, 0.717) is 18.5 Å². The molecule has 2 aromatic carbocycles. The van der Waals surface area contributed by atoms with Crippen molar-refractivity contribution in [3.63, 3.8) is 0 Å². The van der Waals surface area contributed by atoms with Crippen LogP contribution in [0.5, 0.6) is 5.75 Å². The fraction of sp³-hybridized carbons (Fsp3) is 0.158. The number of anilines is 1. The number of hydrogen-bond acceptors (Lipinski definition) is 4. The number of nitrogens with zero attached hydrogens (tertiary/aromatic N) is 1. The van der Waals surface area contributed by atoms with Crippen LogP contribution in [0, 0.1) is 5.82 Å². The fourth-order valence-electron chi connectivity index (χ4n) is 3.38. The Morgan fingerprint density at radius 1 is 1.35 bits per heavy atom. The molecule has 7 heteroatoms. The van der Waals surface area contributed by atoms with Crippen LogP contribution in [0.2, 0.25) is 5.02 Å². The lowest BCUT2D eigenvalue weighted by Gasteiger charge is -2.14. The zero-order valence-corrected chi connectivity index (χ0v) is 14.6. The van der Waals surface area contributed by atoms with E-state index < -0.39 is 5.82 Å². The largest absolute Gasteiger partial charge is 0.505 e. The predicted octanol–water partition coefficient (Wildman–Crippen LogP) is 3.61. The monoisotopic (exact) mass is 371 g/mol. The van der Waals surface area contributed by atoms with Gasteiger partial charge in [-0.05, 0) is 35.7 Å². The molecule has 1 aromatic heterocycles. The van der Waals surface area contributed by atoms with E-state index in [1.54, 1.807) is 25.4 Å². The number of nitrogens with one attached hydrogen (secondary N) is 2. The Morgan fingerprint density at radius 3 is 2.88 bits per heavy atom. The van der Waals surface area contributed by atoms with Crippen molar-refractivity contribution in [3.05, 3.63) is 63.6 Å². The van der Waals surface area contributed by atoms with Crippen LogP contribution in [-0.4, -0.2) is 23.0 Å². The van der Waals surface area contributed by atoms with Crippen molar-refractivity contribution < 1.29 is 14.3 Å². The maximum absolute atomic E-state index is 13.3. The molecule has 3 aromatic rings. The van der Waals surface area contributed by atoms with E-state index in [9.17, 15) is 14.3 Å². The van der Waals surface area contributed by atoms with Gasteiger partial charge in [0.25, 0.3) is 5.91 Å². The van der Waals surface area contributed by atoms with Crippen molar-refractivity contribution >= 4 is 34.1 Å². The summed E-state index contributed by atoms with van der Waals surface area (Å²) >= 11 is 5.85. The van der Waals surface area contributed by atoms with Gasteiger partial charge in [0.15, 0.2) is 5.75 Å². The number of carbonyl (C=O) groups excluding carboxylic acids is 1. The van der Waals surface area contributed by atoms with Gasteiger partial charge in [0, 0.05) is 36.4 Å². The number of rotatable bonds is 3. The maximum atomic E-state index is 13.3. The van der Waals surface area contributed by atoms with E-state index in [-0.39, 0.29) is 22.2 Å². The second-order valence-electron chi connectivity index (χ2n) is 6.17. The van der Waals surface area contributed by atoms with E-state index in [1.807, 2.05) is 6.07 Å². The van der Waals surface area contributed by atoms with Crippen LogP contribution in [0.1, 0.15) is 27.0 Å². The molecule has 26 heavy (non-hydrogen) atoms. The average Bonchev–Trinajstić information content (AvgIpc) is 3.00. The summed E-state index contributed by atoms with van der Waals surface area (Å²) in [6, 6.07) is 6.51. The molecule has 3 N–H and O–H groups in total. The Bertz CT molecular complexity index is 1070. The first-order valence-corrected chi connectivity index (χ1v) is 8.43. The van der Waals surface area contributed by atoms with Gasteiger partial charge in [-0.25, -0.2) is 4.39 Å². The number of amides is 1.